The van der Waals surface area contributed by atoms with Crippen LogP contribution in [-0.4, -0.2) is 15.8 Å². The Bertz CT molecular complexity index is 991. The number of hydrogen-bond donors (Lipinski definition) is 1. The number of pyridine rings is 1. The summed E-state index contributed by atoms with van der Waals surface area (Å²) in [5, 5.41) is 13.7. The molecule has 0 atom stereocenters. The zero-order valence-electron chi connectivity index (χ0n) is 13.8. The van der Waals surface area contributed by atoms with Crippen molar-refractivity contribution in [2.24, 2.45) is 0 Å². The van der Waals surface area contributed by atoms with Gasteiger partial charge in [-0.05, 0) is 70.5 Å². The predicted molar refractivity (Wildman–Crippen MR) is 108 cm³/mol. The maximum atomic E-state index is 12.6. The van der Waals surface area contributed by atoms with E-state index in [2.05, 4.69) is 10.3 Å². The molecule has 7 heteroatoms. The SMILES string of the molecule is Cc1ccc(-c2ccncc2)cc1NC(=O)c1ccc([N+](=O)[O-])cc1I. The van der Waals surface area contributed by atoms with Crippen molar-refractivity contribution in [3.05, 3.63) is 85.7 Å². The molecule has 6 nitrogen and oxygen atoms in total. The Hall–Kier alpha value is -2.81. The van der Waals surface area contributed by atoms with Crippen LogP contribution < -0.4 is 5.32 Å². The minimum absolute atomic E-state index is 0.0400. The lowest BCUT2D eigenvalue weighted by molar-refractivity contribution is -0.384. The fourth-order valence-electron chi connectivity index (χ4n) is 2.47. The zero-order chi connectivity index (χ0) is 18.7. The van der Waals surface area contributed by atoms with Gasteiger partial charge in [0.25, 0.3) is 11.6 Å². The number of hydrogen-bond acceptors (Lipinski definition) is 4. The van der Waals surface area contributed by atoms with Crippen LogP contribution in [0.5, 0.6) is 0 Å². The highest BCUT2D eigenvalue weighted by Gasteiger charge is 2.15. The van der Waals surface area contributed by atoms with Crippen LogP contribution in [0.1, 0.15) is 15.9 Å². The largest absolute Gasteiger partial charge is 0.322 e. The van der Waals surface area contributed by atoms with Crippen LogP contribution in [0.2, 0.25) is 0 Å². The second-order valence-electron chi connectivity index (χ2n) is 5.64. The summed E-state index contributed by atoms with van der Waals surface area (Å²) < 4.78 is 0.525. The Labute approximate surface area is 163 Å². The number of halogens is 1. The normalized spacial score (nSPS) is 10.4. The van der Waals surface area contributed by atoms with Crippen molar-refractivity contribution in [1.82, 2.24) is 4.98 Å². The molecule has 2 aromatic carbocycles. The summed E-state index contributed by atoms with van der Waals surface area (Å²) in [5.41, 5.74) is 3.94. The smallest absolute Gasteiger partial charge is 0.270 e. The van der Waals surface area contributed by atoms with Crippen LogP contribution in [0.25, 0.3) is 11.1 Å². The lowest BCUT2D eigenvalue weighted by Crippen LogP contribution is -2.14. The van der Waals surface area contributed by atoms with Crippen molar-refractivity contribution in [3.8, 4) is 11.1 Å². The van der Waals surface area contributed by atoms with Crippen molar-refractivity contribution < 1.29 is 9.72 Å². The molecule has 0 aliphatic carbocycles. The first-order valence-electron chi connectivity index (χ1n) is 7.72. The Morgan fingerprint density at radius 2 is 1.81 bits per heavy atom. The van der Waals surface area contributed by atoms with Crippen LogP contribution >= 0.6 is 22.6 Å². The molecule has 0 aliphatic heterocycles. The molecule has 0 aliphatic rings. The fourth-order valence-corrected chi connectivity index (χ4v) is 3.22. The number of non-ortho nitro benzene ring substituents is 1. The van der Waals surface area contributed by atoms with Gasteiger partial charge in [-0.2, -0.15) is 0 Å². The maximum absolute atomic E-state index is 12.6. The summed E-state index contributed by atoms with van der Waals surface area (Å²) >= 11 is 1.93. The van der Waals surface area contributed by atoms with Crippen LogP contribution in [0.15, 0.2) is 60.9 Å². The molecule has 130 valence electrons. The van der Waals surface area contributed by atoms with Crippen LogP contribution in [0.3, 0.4) is 0 Å². The average molecular weight is 459 g/mol. The highest BCUT2D eigenvalue weighted by atomic mass is 127. The van der Waals surface area contributed by atoms with Crippen LogP contribution in [0, 0.1) is 20.6 Å². The minimum atomic E-state index is -0.480. The van der Waals surface area contributed by atoms with Gasteiger partial charge in [0.2, 0.25) is 0 Å². The topological polar surface area (TPSA) is 85.1 Å². The number of carbonyl (C=O) groups is 1. The standard InChI is InChI=1S/C19H14IN3O3/c1-12-2-3-14(13-6-8-21-9-7-13)10-18(12)22-19(24)16-5-4-15(23(25)26)11-17(16)20/h2-11H,1H3,(H,22,24). The van der Waals surface area contributed by atoms with Gasteiger partial charge in [0.05, 0.1) is 10.5 Å². The van der Waals surface area contributed by atoms with Crippen molar-refractivity contribution in [1.29, 1.82) is 0 Å². The fraction of sp³-hybridized carbons (Fsp3) is 0.0526. The molecular formula is C19H14IN3O3. The number of aryl methyl sites for hydroxylation is 1. The number of amides is 1. The Morgan fingerprint density at radius 3 is 2.46 bits per heavy atom. The van der Waals surface area contributed by atoms with Crippen LogP contribution in [-0.2, 0) is 0 Å². The number of nitrogens with zero attached hydrogens (tertiary/aromatic N) is 2. The van der Waals surface area contributed by atoms with Crippen molar-refractivity contribution in [2.75, 3.05) is 5.32 Å². The molecule has 0 saturated heterocycles. The van der Waals surface area contributed by atoms with E-state index in [1.807, 2.05) is 59.8 Å². The number of anilines is 1. The molecule has 0 unspecified atom stereocenters. The summed E-state index contributed by atoms with van der Waals surface area (Å²) in [7, 11) is 0. The molecule has 3 rings (SSSR count). The third-order valence-electron chi connectivity index (χ3n) is 3.91. The second-order valence-corrected chi connectivity index (χ2v) is 6.80. The second kappa shape index (κ2) is 7.61. The van der Waals surface area contributed by atoms with Gasteiger partial charge in [0.1, 0.15) is 0 Å². The molecule has 1 N–H and O–H groups in total. The van der Waals surface area contributed by atoms with Crippen molar-refractivity contribution in [3.63, 3.8) is 0 Å². The molecule has 1 heterocycles. The minimum Gasteiger partial charge on any atom is -0.322 e. The van der Waals surface area contributed by atoms with Crippen molar-refractivity contribution in [2.45, 2.75) is 6.92 Å². The number of rotatable bonds is 4. The van der Waals surface area contributed by atoms with Crippen molar-refractivity contribution >= 4 is 39.9 Å². The van der Waals surface area contributed by atoms with E-state index in [-0.39, 0.29) is 11.6 Å². The number of nitro benzene ring substituents is 1. The summed E-state index contributed by atoms with van der Waals surface area (Å²) in [5.74, 6) is -0.306. The lowest BCUT2D eigenvalue weighted by atomic mass is 10.0. The summed E-state index contributed by atoms with van der Waals surface area (Å²) in [6, 6.07) is 13.8. The van der Waals surface area contributed by atoms with E-state index in [4.69, 9.17) is 0 Å². The molecule has 0 saturated carbocycles. The van der Waals surface area contributed by atoms with E-state index >= 15 is 0 Å². The predicted octanol–water partition coefficient (Wildman–Crippen LogP) is 4.82. The Kier molecular flexibility index (Phi) is 5.27. The van der Waals surface area contributed by atoms with E-state index in [9.17, 15) is 14.9 Å². The highest BCUT2D eigenvalue weighted by Crippen LogP contribution is 2.26. The van der Waals surface area contributed by atoms with E-state index in [1.54, 1.807) is 12.4 Å². The monoisotopic (exact) mass is 459 g/mol. The van der Waals surface area contributed by atoms with Gasteiger partial charge in [-0.15, -0.1) is 0 Å². The lowest BCUT2D eigenvalue weighted by Gasteiger charge is -2.12. The van der Waals surface area contributed by atoms with Gasteiger partial charge in [0.15, 0.2) is 0 Å². The maximum Gasteiger partial charge on any atom is 0.270 e. The zero-order valence-corrected chi connectivity index (χ0v) is 15.9. The molecule has 3 aromatic rings. The molecular weight excluding hydrogens is 445 g/mol. The molecule has 0 radical (unpaired) electrons. The molecule has 1 aromatic heterocycles. The number of nitro groups is 1. The Morgan fingerprint density at radius 1 is 1.08 bits per heavy atom. The van der Waals surface area contributed by atoms with Gasteiger partial charge >= 0.3 is 0 Å². The average Bonchev–Trinajstić information content (AvgIpc) is 2.64. The first-order chi connectivity index (χ1) is 12.5. The van der Waals surface area contributed by atoms with E-state index in [1.165, 1.54) is 18.2 Å². The van der Waals surface area contributed by atoms with Gasteiger partial charge < -0.3 is 5.32 Å². The molecule has 1 amide bonds. The third kappa shape index (κ3) is 3.88. The number of carbonyl (C=O) groups excluding carboxylic acids is 1. The third-order valence-corrected chi connectivity index (χ3v) is 4.80. The van der Waals surface area contributed by atoms with Gasteiger partial charge in [-0.25, -0.2) is 0 Å². The number of nitrogens with one attached hydrogen (secondary N) is 1. The van der Waals surface area contributed by atoms with E-state index in [0.29, 0.717) is 14.8 Å². The summed E-state index contributed by atoms with van der Waals surface area (Å²) in [6.45, 7) is 1.91. The quantitative estimate of drug-likeness (QED) is 0.345. The molecule has 0 spiro atoms. The summed E-state index contributed by atoms with van der Waals surface area (Å²) in [4.78, 5) is 27.0. The van der Waals surface area contributed by atoms with E-state index in [0.717, 1.165) is 16.7 Å². The Balaban J connectivity index is 1.89. The first kappa shape index (κ1) is 18.0. The summed E-state index contributed by atoms with van der Waals surface area (Å²) in [6.07, 6.45) is 3.43. The van der Waals surface area contributed by atoms with Gasteiger partial charge in [0, 0.05) is 33.8 Å². The van der Waals surface area contributed by atoms with Gasteiger partial charge in [-0.1, -0.05) is 12.1 Å². The number of aromatic nitrogens is 1. The van der Waals surface area contributed by atoms with E-state index < -0.39 is 4.92 Å². The molecule has 0 fully saturated rings. The molecule has 26 heavy (non-hydrogen) atoms. The number of benzene rings is 2. The first-order valence-corrected chi connectivity index (χ1v) is 8.80. The van der Waals surface area contributed by atoms with Gasteiger partial charge in [-0.3, -0.25) is 19.9 Å². The highest BCUT2D eigenvalue weighted by molar-refractivity contribution is 14.1. The molecule has 0 bridgehead atoms. The van der Waals surface area contributed by atoms with Crippen LogP contribution in [0.4, 0.5) is 11.4 Å².